The number of hydrogen-bond acceptors (Lipinski definition) is 3. The van der Waals surface area contributed by atoms with Gasteiger partial charge in [-0.2, -0.15) is 13.2 Å². The molecular weight excluding hydrogens is 331 g/mol. The van der Waals surface area contributed by atoms with Crippen molar-refractivity contribution < 1.29 is 26.4 Å². The summed E-state index contributed by atoms with van der Waals surface area (Å²) >= 11 is 0. The number of halogens is 3. The van der Waals surface area contributed by atoms with Crippen LogP contribution in [0.2, 0.25) is 0 Å². The van der Waals surface area contributed by atoms with Crippen LogP contribution in [0.3, 0.4) is 0 Å². The monoisotopic (exact) mass is 343 g/mol. The summed E-state index contributed by atoms with van der Waals surface area (Å²) in [7, 11) is -3.92. The highest BCUT2D eigenvalue weighted by molar-refractivity contribution is 7.92. The number of carbonyl (C=O) groups excluding carboxylic acids is 1. The van der Waals surface area contributed by atoms with Crippen molar-refractivity contribution in [2.24, 2.45) is 0 Å². The van der Waals surface area contributed by atoms with Gasteiger partial charge in [0.25, 0.3) is 0 Å². The lowest BCUT2D eigenvalue weighted by Crippen LogP contribution is -2.24. The van der Waals surface area contributed by atoms with Gasteiger partial charge in [0.2, 0.25) is 5.91 Å². The number of hydrogen-bond donors (Lipinski definition) is 1. The number of sulfone groups is 1. The molecule has 0 unspecified atom stereocenters. The summed E-state index contributed by atoms with van der Waals surface area (Å²) in [6.07, 6.45) is -4.65. The van der Waals surface area contributed by atoms with Gasteiger partial charge in [-0.15, -0.1) is 0 Å². The molecule has 0 bridgehead atoms. The minimum Gasteiger partial charge on any atom is -0.325 e. The van der Waals surface area contributed by atoms with E-state index in [2.05, 4.69) is 0 Å². The third kappa shape index (κ3) is 4.32. The Kier molecular flexibility index (Phi) is 4.74. The summed E-state index contributed by atoms with van der Waals surface area (Å²) < 4.78 is 62.6. The zero-order valence-electron chi connectivity index (χ0n) is 11.7. The van der Waals surface area contributed by atoms with Crippen LogP contribution >= 0.6 is 0 Å². The van der Waals surface area contributed by atoms with E-state index >= 15 is 0 Å². The summed E-state index contributed by atoms with van der Waals surface area (Å²) in [6.45, 7) is 0. The topological polar surface area (TPSA) is 63.2 Å². The first-order chi connectivity index (χ1) is 10.7. The third-order valence-electron chi connectivity index (χ3n) is 2.93. The van der Waals surface area contributed by atoms with Gasteiger partial charge in [0.05, 0.1) is 16.1 Å². The van der Waals surface area contributed by atoms with E-state index in [-0.39, 0.29) is 4.90 Å². The zero-order chi connectivity index (χ0) is 17.1. The summed E-state index contributed by atoms with van der Waals surface area (Å²) in [5.74, 6) is -1.98. The van der Waals surface area contributed by atoms with Crippen LogP contribution in [-0.4, -0.2) is 20.1 Å². The molecule has 0 fully saturated rings. The Morgan fingerprint density at radius 3 is 2.13 bits per heavy atom. The van der Waals surface area contributed by atoms with E-state index in [1.54, 1.807) is 6.07 Å². The highest BCUT2D eigenvalue weighted by Gasteiger charge is 2.33. The van der Waals surface area contributed by atoms with Crippen molar-refractivity contribution in [1.82, 2.24) is 0 Å². The second-order valence-electron chi connectivity index (χ2n) is 4.66. The van der Waals surface area contributed by atoms with Gasteiger partial charge < -0.3 is 5.32 Å². The minimum atomic E-state index is -4.65. The van der Waals surface area contributed by atoms with Gasteiger partial charge >= 0.3 is 6.18 Å². The van der Waals surface area contributed by atoms with Crippen molar-refractivity contribution in [3.63, 3.8) is 0 Å². The molecule has 0 radical (unpaired) electrons. The molecule has 0 aliphatic carbocycles. The molecule has 4 nitrogen and oxygen atoms in total. The Hall–Kier alpha value is -2.35. The largest absolute Gasteiger partial charge is 0.418 e. The molecule has 0 spiro atoms. The predicted octanol–water partition coefficient (Wildman–Crippen LogP) is 3.12. The summed E-state index contributed by atoms with van der Waals surface area (Å²) in [4.78, 5) is 11.8. The van der Waals surface area contributed by atoms with Crippen molar-refractivity contribution in [3.05, 3.63) is 60.2 Å². The lowest BCUT2D eigenvalue weighted by Gasteiger charge is -2.13. The predicted molar refractivity (Wildman–Crippen MR) is 78.6 cm³/mol. The SMILES string of the molecule is O=C(CS(=O)(=O)c1ccccc1)Nc1ccccc1C(F)(F)F. The number of benzene rings is 2. The van der Waals surface area contributed by atoms with Gasteiger partial charge in [0.15, 0.2) is 9.84 Å². The first kappa shape index (κ1) is 17.0. The molecule has 122 valence electrons. The normalized spacial score (nSPS) is 12.0. The van der Waals surface area contributed by atoms with E-state index in [1.807, 2.05) is 5.32 Å². The first-order valence-corrected chi connectivity index (χ1v) is 8.09. The van der Waals surface area contributed by atoms with Crippen molar-refractivity contribution >= 4 is 21.4 Å². The maximum absolute atomic E-state index is 12.8. The number of para-hydroxylation sites is 1. The van der Waals surface area contributed by atoms with Gasteiger partial charge in [0, 0.05) is 0 Å². The third-order valence-corrected chi connectivity index (χ3v) is 4.56. The number of nitrogens with one attached hydrogen (secondary N) is 1. The molecule has 23 heavy (non-hydrogen) atoms. The van der Waals surface area contributed by atoms with E-state index in [0.717, 1.165) is 12.1 Å². The molecule has 0 atom stereocenters. The molecule has 1 amide bonds. The van der Waals surface area contributed by atoms with Crippen molar-refractivity contribution in [1.29, 1.82) is 0 Å². The second kappa shape index (κ2) is 6.41. The van der Waals surface area contributed by atoms with E-state index in [4.69, 9.17) is 0 Å². The second-order valence-corrected chi connectivity index (χ2v) is 6.65. The number of alkyl halides is 3. The molecule has 2 rings (SSSR count). The van der Waals surface area contributed by atoms with Crippen LogP contribution in [0.1, 0.15) is 5.56 Å². The molecule has 0 aliphatic rings. The Morgan fingerprint density at radius 1 is 0.957 bits per heavy atom. The summed E-state index contributed by atoms with van der Waals surface area (Å²) in [5.41, 5.74) is -1.52. The molecular formula is C15H12F3NO3S. The van der Waals surface area contributed by atoms with E-state index in [0.29, 0.717) is 0 Å². The Balaban J connectivity index is 2.18. The fraction of sp³-hybridized carbons (Fsp3) is 0.133. The van der Waals surface area contributed by atoms with Gasteiger partial charge in [-0.1, -0.05) is 30.3 Å². The molecule has 1 N–H and O–H groups in total. The van der Waals surface area contributed by atoms with Crippen LogP contribution in [0.15, 0.2) is 59.5 Å². The smallest absolute Gasteiger partial charge is 0.325 e. The molecule has 8 heteroatoms. The Labute approximate surface area is 130 Å². The van der Waals surface area contributed by atoms with Gasteiger partial charge in [-0.25, -0.2) is 8.42 Å². The van der Waals surface area contributed by atoms with Crippen LogP contribution in [0.4, 0.5) is 18.9 Å². The van der Waals surface area contributed by atoms with Crippen LogP contribution in [0.5, 0.6) is 0 Å². The van der Waals surface area contributed by atoms with Gasteiger partial charge in [-0.3, -0.25) is 4.79 Å². The van der Waals surface area contributed by atoms with E-state index in [1.165, 1.54) is 36.4 Å². The summed E-state index contributed by atoms with van der Waals surface area (Å²) in [5, 5.41) is 2.00. The van der Waals surface area contributed by atoms with Crippen LogP contribution < -0.4 is 5.32 Å². The van der Waals surface area contributed by atoms with Crippen molar-refractivity contribution in [2.75, 3.05) is 11.1 Å². The fourth-order valence-corrected chi connectivity index (χ4v) is 3.07. The lowest BCUT2D eigenvalue weighted by atomic mass is 10.1. The standard InChI is InChI=1S/C15H12F3NO3S/c16-15(17,18)12-8-4-5-9-13(12)19-14(20)10-23(21,22)11-6-2-1-3-7-11/h1-9H,10H2,(H,19,20). The molecule has 0 heterocycles. The van der Waals surface area contributed by atoms with Crippen LogP contribution in [0, 0.1) is 0 Å². The van der Waals surface area contributed by atoms with Gasteiger partial charge in [0.1, 0.15) is 5.75 Å². The number of amides is 1. The molecule has 2 aromatic rings. The van der Waals surface area contributed by atoms with Crippen LogP contribution in [0.25, 0.3) is 0 Å². The number of carbonyl (C=O) groups is 1. The lowest BCUT2D eigenvalue weighted by molar-refractivity contribution is -0.137. The molecule has 0 aromatic heterocycles. The highest BCUT2D eigenvalue weighted by atomic mass is 32.2. The fourth-order valence-electron chi connectivity index (χ4n) is 1.91. The Bertz CT molecular complexity index is 802. The number of rotatable bonds is 4. The quantitative estimate of drug-likeness (QED) is 0.928. The first-order valence-electron chi connectivity index (χ1n) is 6.44. The number of anilines is 1. The summed E-state index contributed by atoms with van der Waals surface area (Å²) in [6, 6.07) is 11.6. The highest BCUT2D eigenvalue weighted by Crippen LogP contribution is 2.34. The Morgan fingerprint density at radius 2 is 1.52 bits per heavy atom. The zero-order valence-corrected chi connectivity index (χ0v) is 12.5. The van der Waals surface area contributed by atoms with E-state index in [9.17, 15) is 26.4 Å². The van der Waals surface area contributed by atoms with Crippen molar-refractivity contribution in [2.45, 2.75) is 11.1 Å². The minimum absolute atomic E-state index is 0.0701. The van der Waals surface area contributed by atoms with Crippen LogP contribution in [-0.2, 0) is 20.8 Å². The van der Waals surface area contributed by atoms with Gasteiger partial charge in [-0.05, 0) is 24.3 Å². The maximum Gasteiger partial charge on any atom is 0.418 e. The van der Waals surface area contributed by atoms with Crippen molar-refractivity contribution in [3.8, 4) is 0 Å². The molecule has 0 saturated carbocycles. The van der Waals surface area contributed by atoms with E-state index < -0.39 is 38.9 Å². The average molecular weight is 343 g/mol. The maximum atomic E-state index is 12.8. The molecule has 0 aliphatic heterocycles. The molecule has 0 saturated heterocycles. The average Bonchev–Trinajstić information content (AvgIpc) is 2.47. The molecule has 2 aromatic carbocycles.